The van der Waals surface area contributed by atoms with Crippen molar-refractivity contribution in [3.8, 4) is 0 Å². The molecule has 0 aliphatic rings. The van der Waals surface area contributed by atoms with Crippen LogP contribution >= 0.6 is 0 Å². The summed E-state index contributed by atoms with van der Waals surface area (Å²) in [4.78, 5) is 11.6. The number of rotatable bonds is 5. The second-order valence-electron chi connectivity index (χ2n) is 3.98. The van der Waals surface area contributed by atoms with Gasteiger partial charge in [0.15, 0.2) is 9.84 Å². The first-order valence-electron chi connectivity index (χ1n) is 5.31. The Morgan fingerprint density at radius 3 is 2.29 bits per heavy atom. The second kappa shape index (κ2) is 5.27. The number of ketones is 1. The van der Waals surface area contributed by atoms with Crippen LogP contribution in [0.5, 0.6) is 0 Å². The summed E-state index contributed by atoms with van der Waals surface area (Å²) < 4.78 is 24.4. The van der Waals surface area contributed by atoms with Gasteiger partial charge in [-0.05, 0) is 32.4 Å². The van der Waals surface area contributed by atoms with Gasteiger partial charge < -0.3 is 0 Å². The molecule has 0 fully saturated rings. The molecule has 1 rings (SSSR count). The number of hydrogen-bond acceptors (Lipinski definition) is 3. The fraction of sp³-hybridized carbons (Fsp3) is 0.308. The minimum absolute atomic E-state index is 0.144. The van der Waals surface area contributed by atoms with Crippen LogP contribution in [0.1, 0.15) is 18.9 Å². The van der Waals surface area contributed by atoms with E-state index in [1.54, 1.807) is 12.1 Å². The van der Waals surface area contributed by atoms with Gasteiger partial charge in [-0.15, -0.1) is 6.58 Å². The van der Waals surface area contributed by atoms with Crippen molar-refractivity contribution in [2.75, 3.05) is 0 Å². The summed E-state index contributed by atoms with van der Waals surface area (Å²) in [5, 5.41) is -1.03. The van der Waals surface area contributed by atoms with Crippen LogP contribution in [0.4, 0.5) is 0 Å². The van der Waals surface area contributed by atoms with E-state index in [0.717, 1.165) is 5.56 Å². The fourth-order valence-corrected chi connectivity index (χ4v) is 3.23. The minimum atomic E-state index is -3.60. The highest BCUT2D eigenvalue weighted by Crippen LogP contribution is 2.20. The van der Waals surface area contributed by atoms with Gasteiger partial charge in [-0.2, -0.15) is 0 Å². The van der Waals surface area contributed by atoms with Crippen molar-refractivity contribution >= 4 is 15.6 Å². The molecule has 1 aromatic carbocycles. The number of carbonyl (C=O) groups is 1. The van der Waals surface area contributed by atoms with E-state index in [2.05, 4.69) is 6.58 Å². The molecule has 0 bridgehead atoms. The quantitative estimate of drug-likeness (QED) is 0.756. The third-order valence-electron chi connectivity index (χ3n) is 2.56. The Kier molecular flexibility index (Phi) is 4.23. The van der Waals surface area contributed by atoms with E-state index < -0.39 is 15.1 Å². The Labute approximate surface area is 102 Å². The number of Topliss-reactive ketones (excluding diaryl/α,β-unsaturated/α-hetero) is 1. The van der Waals surface area contributed by atoms with Crippen molar-refractivity contribution in [1.29, 1.82) is 0 Å². The van der Waals surface area contributed by atoms with Crippen LogP contribution in [0.2, 0.25) is 0 Å². The first kappa shape index (κ1) is 13.6. The van der Waals surface area contributed by atoms with Crippen LogP contribution in [0.3, 0.4) is 0 Å². The summed E-state index contributed by atoms with van der Waals surface area (Å²) in [5.41, 5.74) is 0.979. The van der Waals surface area contributed by atoms with Crippen LogP contribution in [-0.2, 0) is 14.6 Å². The van der Waals surface area contributed by atoms with Crippen molar-refractivity contribution in [3.05, 3.63) is 42.5 Å². The molecule has 17 heavy (non-hydrogen) atoms. The molecule has 0 N–H and O–H groups in total. The van der Waals surface area contributed by atoms with Gasteiger partial charge in [0.25, 0.3) is 0 Å². The van der Waals surface area contributed by atoms with Crippen molar-refractivity contribution in [1.82, 2.24) is 0 Å². The van der Waals surface area contributed by atoms with Crippen LogP contribution in [0.15, 0.2) is 41.8 Å². The number of aryl methyl sites for hydroxylation is 1. The molecule has 0 heterocycles. The van der Waals surface area contributed by atoms with E-state index in [1.807, 2.05) is 6.92 Å². The molecule has 0 aromatic heterocycles. The van der Waals surface area contributed by atoms with E-state index >= 15 is 0 Å². The predicted molar refractivity (Wildman–Crippen MR) is 67.6 cm³/mol. The highest BCUT2D eigenvalue weighted by atomic mass is 32.2. The smallest absolute Gasteiger partial charge is 0.188 e. The minimum Gasteiger partial charge on any atom is -0.299 e. The maximum Gasteiger partial charge on any atom is 0.188 e. The van der Waals surface area contributed by atoms with Crippen molar-refractivity contribution in [2.45, 2.75) is 30.4 Å². The van der Waals surface area contributed by atoms with E-state index in [0.29, 0.717) is 0 Å². The highest BCUT2D eigenvalue weighted by Gasteiger charge is 2.30. The van der Waals surface area contributed by atoms with E-state index in [4.69, 9.17) is 0 Å². The molecule has 92 valence electrons. The number of allylic oxidation sites excluding steroid dienone is 1. The molecular weight excluding hydrogens is 236 g/mol. The normalized spacial score (nSPS) is 13.1. The maximum absolute atomic E-state index is 12.2. The van der Waals surface area contributed by atoms with Gasteiger partial charge in [0.1, 0.15) is 11.0 Å². The first-order valence-corrected chi connectivity index (χ1v) is 6.86. The standard InChI is InChI=1S/C13H16O3S/c1-4-5-13(11(3)14)17(15,16)12-8-6-10(2)7-9-12/h4,6-9,13H,1,5H2,2-3H3. The van der Waals surface area contributed by atoms with E-state index in [1.165, 1.54) is 25.1 Å². The third-order valence-corrected chi connectivity index (χ3v) is 4.76. The Balaban J connectivity index is 3.20. The molecular formula is C13H16O3S. The average Bonchev–Trinajstić information content (AvgIpc) is 2.25. The summed E-state index contributed by atoms with van der Waals surface area (Å²) in [6.45, 7) is 6.66. The largest absolute Gasteiger partial charge is 0.299 e. The monoisotopic (exact) mass is 252 g/mol. The van der Waals surface area contributed by atoms with E-state index in [-0.39, 0.29) is 17.1 Å². The summed E-state index contributed by atoms with van der Waals surface area (Å²) >= 11 is 0. The molecule has 0 radical (unpaired) electrons. The lowest BCUT2D eigenvalue weighted by atomic mass is 10.2. The summed E-state index contributed by atoms with van der Waals surface area (Å²) in [5.74, 6) is -0.356. The van der Waals surface area contributed by atoms with E-state index in [9.17, 15) is 13.2 Å². The predicted octanol–water partition coefficient (Wildman–Crippen LogP) is 2.30. The molecule has 0 saturated carbocycles. The Morgan fingerprint density at radius 1 is 1.35 bits per heavy atom. The van der Waals surface area contributed by atoms with Gasteiger partial charge in [0, 0.05) is 0 Å². The molecule has 0 aliphatic carbocycles. The third kappa shape index (κ3) is 3.03. The lowest BCUT2D eigenvalue weighted by Crippen LogP contribution is -2.28. The Bertz CT molecular complexity index is 512. The molecule has 4 heteroatoms. The zero-order chi connectivity index (χ0) is 13.1. The number of benzene rings is 1. The van der Waals surface area contributed by atoms with Crippen molar-refractivity contribution in [3.63, 3.8) is 0 Å². The van der Waals surface area contributed by atoms with Gasteiger partial charge in [0.2, 0.25) is 0 Å². The van der Waals surface area contributed by atoms with Crippen LogP contribution in [0, 0.1) is 6.92 Å². The second-order valence-corrected chi connectivity index (χ2v) is 6.11. The molecule has 0 aliphatic heterocycles. The molecule has 3 nitrogen and oxygen atoms in total. The molecule has 1 atom stereocenters. The van der Waals surface area contributed by atoms with Crippen LogP contribution < -0.4 is 0 Å². The number of carbonyl (C=O) groups excluding carboxylic acids is 1. The Morgan fingerprint density at radius 2 is 1.88 bits per heavy atom. The molecule has 1 unspecified atom stereocenters. The van der Waals surface area contributed by atoms with Crippen LogP contribution in [-0.4, -0.2) is 19.5 Å². The lowest BCUT2D eigenvalue weighted by Gasteiger charge is -2.13. The van der Waals surface area contributed by atoms with Gasteiger partial charge in [-0.25, -0.2) is 8.42 Å². The zero-order valence-electron chi connectivity index (χ0n) is 10.0. The topological polar surface area (TPSA) is 51.2 Å². The molecule has 0 amide bonds. The van der Waals surface area contributed by atoms with Crippen LogP contribution in [0.25, 0.3) is 0 Å². The molecule has 1 aromatic rings. The van der Waals surface area contributed by atoms with Crippen molar-refractivity contribution < 1.29 is 13.2 Å². The lowest BCUT2D eigenvalue weighted by molar-refractivity contribution is -0.116. The first-order chi connectivity index (χ1) is 7.89. The highest BCUT2D eigenvalue weighted by molar-refractivity contribution is 7.92. The van der Waals surface area contributed by atoms with Gasteiger partial charge in [0.05, 0.1) is 4.90 Å². The summed E-state index contributed by atoms with van der Waals surface area (Å²) in [6, 6.07) is 6.50. The SMILES string of the molecule is C=CCC(C(C)=O)S(=O)(=O)c1ccc(C)cc1. The zero-order valence-corrected chi connectivity index (χ0v) is 10.8. The van der Waals surface area contributed by atoms with Crippen molar-refractivity contribution in [2.24, 2.45) is 0 Å². The van der Waals surface area contributed by atoms with Gasteiger partial charge >= 0.3 is 0 Å². The molecule has 0 spiro atoms. The maximum atomic E-state index is 12.2. The average molecular weight is 252 g/mol. The number of hydrogen-bond donors (Lipinski definition) is 0. The Hall–Kier alpha value is -1.42. The summed E-state index contributed by atoms with van der Waals surface area (Å²) in [6.07, 6.45) is 1.60. The fourth-order valence-electron chi connectivity index (χ4n) is 1.55. The summed E-state index contributed by atoms with van der Waals surface area (Å²) in [7, 11) is -3.60. The van der Waals surface area contributed by atoms with Gasteiger partial charge in [-0.1, -0.05) is 23.8 Å². The molecule has 0 saturated heterocycles. The number of sulfone groups is 1. The van der Waals surface area contributed by atoms with Gasteiger partial charge in [-0.3, -0.25) is 4.79 Å².